The Hall–Kier alpha value is -3.32. The van der Waals surface area contributed by atoms with E-state index >= 15 is 0 Å². The van der Waals surface area contributed by atoms with Crippen LogP contribution in [0.25, 0.3) is 0 Å². The number of benzene rings is 2. The second-order valence-electron chi connectivity index (χ2n) is 5.85. The third kappa shape index (κ3) is 4.32. The quantitative estimate of drug-likeness (QED) is 0.638. The lowest BCUT2D eigenvalue weighted by atomic mass is 10.2. The number of para-hydroxylation sites is 1. The van der Waals surface area contributed by atoms with Crippen LogP contribution in [0.2, 0.25) is 5.02 Å². The smallest absolute Gasteiger partial charge is 0.274 e. The van der Waals surface area contributed by atoms with Crippen LogP contribution < -0.4 is 20.1 Å². The summed E-state index contributed by atoms with van der Waals surface area (Å²) in [6.45, 7) is 1.97. The Morgan fingerprint density at radius 1 is 1.04 bits per heavy atom. The topological polar surface area (TPSA) is 85.4 Å². The third-order valence-electron chi connectivity index (χ3n) is 4.00. The van der Waals surface area contributed by atoms with Crippen LogP contribution >= 0.6 is 11.6 Å². The Kier molecular flexibility index (Phi) is 5.96. The van der Waals surface area contributed by atoms with Gasteiger partial charge < -0.3 is 20.1 Å². The number of halogens is 1. The van der Waals surface area contributed by atoms with Crippen molar-refractivity contribution < 1.29 is 14.3 Å². The first-order chi connectivity index (χ1) is 13.5. The second-order valence-corrected chi connectivity index (χ2v) is 6.25. The summed E-state index contributed by atoms with van der Waals surface area (Å²) in [5.74, 6) is 0.731. The summed E-state index contributed by atoms with van der Waals surface area (Å²) in [4.78, 5) is 21.1. The molecule has 3 rings (SSSR count). The summed E-state index contributed by atoms with van der Waals surface area (Å²) in [5, 5.41) is 6.26. The molecule has 0 fully saturated rings. The molecule has 1 heterocycles. The van der Waals surface area contributed by atoms with E-state index in [1.165, 1.54) is 26.5 Å². The van der Waals surface area contributed by atoms with Gasteiger partial charge in [0, 0.05) is 24.0 Å². The van der Waals surface area contributed by atoms with Gasteiger partial charge in [0.05, 0.1) is 24.9 Å². The maximum Gasteiger partial charge on any atom is 0.274 e. The molecular weight excluding hydrogens is 380 g/mol. The molecule has 0 saturated carbocycles. The van der Waals surface area contributed by atoms with E-state index in [9.17, 15) is 4.79 Å². The van der Waals surface area contributed by atoms with Gasteiger partial charge in [0.15, 0.2) is 0 Å². The molecular formula is C20H19ClN4O3. The number of hydrogen-bond donors (Lipinski definition) is 2. The summed E-state index contributed by atoms with van der Waals surface area (Å²) in [6.07, 6.45) is 1.52. The molecule has 0 aliphatic carbocycles. The molecule has 1 aromatic heterocycles. The van der Waals surface area contributed by atoms with Crippen LogP contribution in [0, 0.1) is 6.92 Å². The van der Waals surface area contributed by atoms with E-state index in [-0.39, 0.29) is 5.69 Å². The van der Waals surface area contributed by atoms with Crippen LogP contribution in [0.1, 0.15) is 16.1 Å². The molecule has 0 atom stereocenters. The molecule has 0 spiro atoms. The molecule has 2 aromatic carbocycles. The van der Waals surface area contributed by atoms with Gasteiger partial charge in [-0.05, 0) is 24.6 Å². The largest absolute Gasteiger partial charge is 0.495 e. The lowest BCUT2D eigenvalue weighted by molar-refractivity contribution is 0.102. The third-order valence-corrected chi connectivity index (χ3v) is 4.30. The van der Waals surface area contributed by atoms with E-state index in [1.807, 2.05) is 31.2 Å². The molecule has 28 heavy (non-hydrogen) atoms. The fourth-order valence-electron chi connectivity index (χ4n) is 2.52. The fraction of sp³-hybridized carbons (Fsp3) is 0.150. The molecule has 8 heteroatoms. The van der Waals surface area contributed by atoms with Crippen molar-refractivity contribution in [3.05, 3.63) is 64.9 Å². The maximum atomic E-state index is 12.7. The average Bonchev–Trinajstić information content (AvgIpc) is 2.71. The molecule has 0 aliphatic heterocycles. The van der Waals surface area contributed by atoms with E-state index < -0.39 is 5.91 Å². The van der Waals surface area contributed by atoms with Crippen molar-refractivity contribution in [3.63, 3.8) is 0 Å². The summed E-state index contributed by atoms with van der Waals surface area (Å²) in [6, 6.07) is 12.4. The number of carbonyl (C=O) groups excluding carboxylic acids is 1. The van der Waals surface area contributed by atoms with E-state index in [2.05, 4.69) is 20.6 Å². The number of methoxy groups -OCH3 is 2. The standard InChI is InChI=1S/C20H19ClN4O3/c1-12-6-4-5-7-14(12)24-20-22-9-8-15(25-20)19(26)23-16-11-17(27-2)13(21)10-18(16)28-3/h4-11H,1-3H3,(H,23,26)(H,22,24,25). The first kappa shape index (κ1) is 19.4. The number of hydrogen-bond acceptors (Lipinski definition) is 6. The Morgan fingerprint density at radius 2 is 1.79 bits per heavy atom. The van der Waals surface area contributed by atoms with Crippen LogP contribution in [-0.2, 0) is 0 Å². The number of aromatic nitrogens is 2. The number of nitrogens with zero attached hydrogens (tertiary/aromatic N) is 2. The van der Waals surface area contributed by atoms with Gasteiger partial charge in [0.25, 0.3) is 5.91 Å². The lowest BCUT2D eigenvalue weighted by Gasteiger charge is -2.13. The number of anilines is 3. The normalized spacial score (nSPS) is 10.3. The summed E-state index contributed by atoms with van der Waals surface area (Å²) < 4.78 is 10.5. The number of amides is 1. The molecule has 1 amide bonds. The highest BCUT2D eigenvalue weighted by Crippen LogP contribution is 2.36. The molecule has 0 radical (unpaired) electrons. The van der Waals surface area contributed by atoms with Crippen LogP contribution in [0.3, 0.4) is 0 Å². The minimum atomic E-state index is -0.419. The van der Waals surface area contributed by atoms with Crippen molar-refractivity contribution in [2.45, 2.75) is 6.92 Å². The predicted molar refractivity (Wildman–Crippen MR) is 109 cm³/mol. The molecule has 2 N–H and O–H groups in total. The van der Waals surface area contributed by atoms with E-state index in [0.29, 0.717) is 28.2 Å². The Balaban J connectivity index is 1.83. The molecule has 0 aliphatic rings. The van der Waals surface area contributed by atoms with Crippen molar-refractivity contribution in [3.8, 4) is 11.5 Å². The first-order valence-corrected chi connectivity index (χ1v) is 8.78. The SMILES string of the molecule is COc1cc(NC(=O)c2ccnc(Nc3ccccc3C)n2)c(OC)cc1Cl. The van der Waals surface area contributed by atoms with Crippen molar-refractivity contribution >= 4 is 34.8 Å². The number of ether oxygens (including phenoxy) is 2. The van der Waals surface area contributed by atoms with Gasteiger partial charge in [-0.25, -0.2) is 9.97 Å². The van der Waals surface area contributed by atoms with E-state index in [4.69, 9.17) is 21.1 Å². The minimum Gasteiger partial charge on any atom is -0.495 e. The molecule has 0 bridgehead atoms. The summed E-state index contributed by atoms with van der Waals surface area (Å²) in [5.41, 5.74) is 2.52. The molecule has 0 saturated heterocycles. The zero-order chi connectivity index (χ0) is 20.1. The second kappa shape index (κ2) is 8.58. The Morgan fingerprint density at radius 3 is 2.50 bits per heavy atom. The van der Waals surface area contributed by atoms with Crippen LogP contribution in [0.15, 0.2) is 48.7 Å². The highest BCUT2D eigenvalue weighted by molar-refractivity contribution is 6.32. The summed E-state index contributed by atoms with van der Waals surface area (Å²) >= 11 is 6.10. The Labute approximate surface area is 167 Å². The van der Waals surface area contributed by atoms with Gasteiger partial charge in [-0.15, -0.1) is 0 Å². The number of nitrogens with one attached hydrogen (secondary N) is 2. The number of rotatable bonds is 6. The van der Waals surface area contributed by atoms with Crippen LogP contribution in [0.4, 0.5) is 17.3 Å². The minimum absolute atomic E-state index is 0.196. The molecule has 7 nitrogen and oxygen atoms in total. The number of aryl methyl sites for hydroxylation is 1. The zero-order valence-corrected chi connectivity index (χ0v) is 16.4. The monoisotopic (exact) mass is 398 g/mol. The summed E-state index contributed by atoms with van der Waals surface area (Å²) in [7, 11) is 2.98. The van der Waals surface area contributed by atoms with Crippen molar-refractivity contribution in [2.24, 2.45) is 0 Å². The molecule has 144 valence electrons. The van der Waals surface area contributed by atoms with Crippen molar-refractivity contribution in [1.82, 2.24) is 9.97 Å². The zero-order valence-electron chi connectivity index (χ0n) is 15.6. The lowest BCUT2D eigenvalue weighted by Crippen LogP contribution is -2.15. The van der Waals surface area contributed by atoms with Gasteiger partial charge in [0.2, 0.25) is 5.95 Å². The van der Waals surface area contributed by atoms with Gasteiger partial charge in [0.1, 0.15) is 17.2 Å². The van der Waals surface area contributed by atoms with E-state index in [1.54, 1.807) is 12.1 Å². The van der Waals surface area contributed by atoms with Crippen LogP contribution in [0.5, 0.6) is 11.5 Å². The molecule has 0 unspecified atom stereocenters. The highest BCUT2D eigenvalue weighted by Gasteiger charge is 2.15. The van der Waals surface area contributed by atoms with Gasteiger partial charge in [-0.3, -0.25) is 4.79 Å². The highest BCUT2D eigenvalue weighted by atomic mass is 35.5. The predicted octanol–water partition coefficient (Wildman–Crippen LogP) is 4.45. The van der Waals surface area contributed by atoms with Crippen molar-refractivity contribution in [2.75, 3.05) is 24.9 Å². The average molecular weight is 399 g/mol. The number of carbonyl (C=O) groups is 1. The Bertz CT molecular complexity index is 1010. The van der Waals surface area contributed by atoms with Crippen molar-refractivity contribution in [1.29, 1.82) is 0 Å². The fourth-order valence-corrected chi connectivity index (χ4v) is 2.75. The van der Waals surface area contributed by atoms with Crippen LogP contribution in [-0.4, -0.2) is 30.1 Å². The van der Waals surface area contributed by atoms with Gasteiger partial charge >= 0.3 is 0 Å². The van der Waals surface area contributed by atoms with Gasteiger partial charge in [-0.1, -0.05) is 29.8 Å². The first-order valence-electron chi connectivity index (χ1n) is 8.40. The maximum absolute atomic E-state index is 12.7. The van der Waals surface area contributed by atoms with E-state index in [0.717, 1.165) is 11.3 Å². The molecule has 3 aromatic rings. The van der Waals surface area contributed by atoms with Gasteiger partial charge in [-0.2, -0.15) is 0 Å².